The molecule has 0 bridgehead atoms. The van der Waals surface area contributed by atoms with E-state index in [2.05, 4.69) is 28.8 Å². The minimum absolute atomic E-state index is 0.0561. The fourth-order valence-electron chi connectivity index (χ4n) is 2.56. The van der Waals surface area contributed by atoms with E-state index in [0.29, 0.717) is 24.2 Å². The summed E-state index contributed by atoms with van der Waals surface area (Å²) < 4.78 is 26.1. The highest BCUT2D eigenvalue weighted by Crippen LogP contribution is 2.16. The van der Waals surface area contributed by atoms with Gasteiger partial charge in [0.25, 0.3) is 5.91 Å². The highest BCUT2D eigenvalue weighted by atomic mass is 32.2. The molecule has 24 heavy (non-hydrogen) atoms. The molecule has 0 heterocycles. The lowest BCUT2D eigenvalue weighted by Gasteiger charge is -2.28. The first-order chi connectivity index (χ1) is 11.0. The predicted molar refractivity (Wildman–Crippen MR) is 98.8 cm³/mol. The summed E-state index contributed by atoms with van der Waals surface area (Å²) in [5, 5.41) is 2.92. The molecule has 6 nitrogen and oxygen atoms in total. The molecular formula is C17H29N3O3S. The molecule has 0 aliphatic heterocycles. The van der Waals surface area contributed by atoms with Gasteiger partial charge in [0, 0.05) is 24.3 Å². The second kappa shape index (κ2) is 8.48. The van der Waals surface area contributed by atoms with Crippen LogP contribution in [0.1, 0.15) is 37.6 Å². The molecule has 1 aromatic carbocycles. The summed E-state index contributed by atoms with van der Waals surface area (Å²) in [6.45, 7) is 7.36. The lowest BCUT2D eigenvalue weighted by atomic mass is 9.93. The number of carbonyl (C=O) groups is 1. The van der Waals surface area contributed by atoms with Crippen molar-refractivity contribution in [1.82, 2.24) is 10.2 Å². The van der Waals surface area contributed by atoms with Gasteiger partial charge in [-0.05, 0) is 44.1 Å². The SMILES string of the molecule is CCCS(=O)(=O)Nc1cccc(C(=O)NCC(C)(C)CN(C)C)c1. The van der Waals surface area contributed by atoms with Crippen LogP contribution in [0.2, 0.25) is 0 Å². The summed E-state index contributed by atoms with van der Waals surface area (Å²) in [6.07, 6.45) is 0.538. The number of nitrogens with one attached hydrogen (secondary N) is 2. The molecule has 0 aliphatic carbocycles. The first-order valence-corrected chi connectivity index (χ1v) is 9.73. The van der Waals surface area contributed by atoms with Crippen LogP contribution < -0.4 is 10.0 Å². The number of sulfonamides is 1. The Hall–Kier alpha value is -1.60. The first kappa shape index (κ1) is 20.4. The predicted octanol–water partition coefficient (Wildman–Crippen LogP) is 2.16. The van der Waals surface area contributed by atoms with Crippen molar-refractivity contribution < 1.29 is 13.2 Å². The van der Waals surface area contributed by atoms with Crippen LogP contribution in [0.25, 0.3) is 0 Å². The van der Waals surface area contributed by atoms with Gasteiger partial charge >= 0.3 is 0 Å². The maximum atomic E-state index is 12.3. The van der Waals surface area contributed by atoms with E-state index < -0.39 is 10.0 Å². The molecule has 0 saturated heterocycles. The second-order valence-corrected chi connectivity index (χ2v) is 8.93. The molecule has 0 saturated carbocycles. The molecule has 136 valence electrons. The summed E-state index contributed by atoms with van der Waals surface area (Å²) in [4.78, 5) is 14.4. The van der Waals surface area contributed by atoms with Gasteiger partial charge in [-0.3, -0.25) is 9.52 Å². The zero-order valence-corrected chi connectivity index (χ0v) is 16.0. The van der Waals surface area contributed by atoms with Crippen molar-refractivity contribution in [1.29, 1.82) is 0 Å². The van der Waals surface area contributed by atoms with Crippen molar-refractivity contribution in [2.45, 2.75) is 27.2 Å². The van der Waals surface area contributed by atoms with Gasteiger partial charge in [0.2, 0.25) is 10.0 Å². The fraction of sp³-hybridized carbons (Fsp3) is 0.588. The number of hydrogen-bond donors (Lipinski definition) is 2. The summed E-state index contributed by atoms with van der Waals surface area (Å²) in [5.74, 6) is -0.152. The second-order valence-electron chi connectivity index (χ2n) is 7.09. The molecule has 1 amide bonds. The largest absolute Gasteiger partial charge is 0.351 e. The third kappa shape index (κ3) is 7.31. The van der Waals surface area contributed by atoms with Gasteiger partial charge in [-0.15, -0.1) is 0 Å². The Morgan fingerprint density at radius 1 is 1.25 bits per heavy atom. The lowest BCUT2D eigenvalue weighted by molar-refractivity contribution is 0.0929. The average molecular weight is 356 g/mol. The molecular weight excluding hydrogens is 326 g/mol. The average Bonchev–Trinajstić information content (AvgIpc) is 2.43. The van der Waals surface area contributed by atoms with Crippen LogP contribution >= 0.6 is 0 Å². The highest BCUT2D eigenvalue weighted by Gasteiger charge is 2.20. The van der Waals surface area contributed by atoms with Crippen molar-refractivity contribution in [3.8, 4) is 0 Å². The van der Waals surface area contributed by atoms with Crippen LogP contribution in [0, 0.1) is 5.41 Å². The highest BCUT2D eigenvalue weighted by molar-refractivity contribution is 7.92. The Kier molecular flexibility index (Phi) is 7.23. The van der Waals surface area contributed by atoms with E-state index >= 15 is 0 Å². The van der Waals surface area contributed by atoms with E-state index in [1.165, 1.54) is 0 Å². The number of amides is 1. The number of hydrogen-bond acceptors (Lipinski definition) is 4. The first-order valence-electron chi connectivity index (χ1n) is 8.08. The number of carbonyl (C=O) groups excluding carboxylic acids is 1. The standard InChI is InChI=1S/C17H29N3O3S/c1-6-10-24(22,23)19-15-9-7-8-14(11-15)16(21)18-12-17(2,3)13-20(4)5/h7-9,11,19H,6,10,12-13H2,1-5H3,(H,18,21). The van der Waals surface area contributed by atoms with Gasteiger partial charge in [-0.25, -0.2) is 8.42 Å². The zero-order chi connectivity index (χ0) is 18.4. The number of rotatable bonds is 9. The van der Waals surface area contributed by atoms with Gasteiger partial charge in [-0.1, -0.05) is 26.8 Å². The summed E-state index contributed by atoms with van der Waals surface area (Å²) in [5.41, 5.74) is 0.787. The topological polar surface area (TPSA) is 78.5 Å². The van der Waals surface area contributed by atoms with Crippen molar-refractivity contribution in [3.63, 3.8) is 0 Å². The van der Waals surface area contributed by atoms with Crippen molar-refractivity contribution >= 4 is 21.6 Å². The minimum Gasteiger partial charge on any atom is -0.351 e. The molecule has 0 fully saturated rings. The molecule has 7 heteroatoms. The smallest absolute Gasteiger partial charge is 0.251 e. The molecule has 0 aromatic heterocycles. The Bertz CT molecular complexity index is 655. The van der Waals surface area contributed by atoms with E-state index in [-0.39, 0.29) is 17.1 Å². The number of benzene rings is 1. The Balaban J connectivity index is 2.74. The normalized spacial score (nSPS) is 12.2. The monoisotopic (exact) mass is 355 g/mol. The molecule has 2 N–H and O–H groups in total. The van der Waals surface area contributed by atoms with E-state index in [0.717, 1.165) is 6.54 Å². The summed E-state index contributed by atoms with van der Waals surface area (Å²) >= 11 is 0. The van der Waals surface area contributed by atoms with E-state index in [1.54, 1.807) is 31.2 Å². The zero-order valence-electron chi connectivity index (χ0n) is 15.2. The van der Waals surface area contributed by atoms with Crippen LogP contribution in [-0.4, -0.2) is 52.2 Å². The van der Waals surface area contributed by atoms with Crippen LogP contribution in [0.5, 0.6) is 0 Å². The van der Waals surface area contributed by atoms with Gasteiger partial charge in [0.1, 0.15) is 0 Å². The lowest BCUT2D eigenvalue weighted by Crippen LogP contribution is -2.40. The van der Waals surface area contributed by atoms with Crippen LogP contribution in [0.4, 0.5) is 5.69 Å². The maximum absolute atomic E-state index is 12.3. The molecule has 0 atom stereocenters. The molecule has 1 aromatic rings. The molecule has 0 aliphatic rings. The third-order valence-corrected chi connectivity index (χ3v) is 4.84. The van der Waals surface area contributed by atoms with E-state index in [9.17, 15) is 13.2 Å². The van der Waals surface area contributed by atoms with E-state index in [1.807, 2.05) is 14.1 Å². The minimum atomic E-state index is -3.36. The summed E-state index contributed by atoms with van der Waals surface area (Å²) in [7, 11) is 0.628. The van der Waals surface area contributed by atoms with Crippen LogP contribution in [0.15, 0.2) is 24.3 Å². The van der Waals surface area contributed by atoms with Crippen LogP contribution in [-0.2, 0) is 10.0 Å². The van der Waals surface area contributed by atoms with Crippen LogP contribution in [0.3, 0.4) is 0 Å². The van der Waals surface area contributed by atoms with Crippen molar-refractivity contribution in [2.75, 3.05) is 37.7 Å². The van der Waals surface area contributed by atoms with Gasteiger partial charge in [-0.2, -0.15) is 0 Å². The van der Waals surface area contributed by atoms with Crippen molar-refractivity contribution in [2.24, 2.45) is 5.41 Å². The third-order valence-electron chi connectivity index (χ3n) is 3.34. The fourth-order valence-corrected chi connectivity index (χ4v) is 3.68. The number of nitrogens with zero attached hydrogens (tertiary/aromatic N) is 1. The Morgan fingerprint density at radius 3 is 2.50 bits per heavy atom. The summed E-state index contributed by atoms with van der Waals surface area (Å²) in [6, 6.07) is 6.54. The number of anilines is 1. The quantitative estimate of drug-likeness (QED) is 0.711. The Morgan fingerprint density at radius 2 is 1.92 bits per heavy atom. The Labute approximate surface area is 145 Å². The molecule has 0 radical (unpaired) electrons. The van der Waals surface area contributed by atoms with Crippen molar-refractivity contribution in [3.05, 3.63) is 29.8 Å². The van der Waals surface area contributed by atoms with Gasteiger partial charge in [0.05, 0.1) is 5.75 Å². The van der Waals surface area contributed by atoms with Gasteiger partial charge in [0.15, 0.2) is 0 Å². The van der Waals surface area contributed by atoms with E-state index in [4.69, 9.17) is 0 Å². The maximum Gasteiger partial charge on any atom is 0.251 e. The molecule has 0 unspecified atom stereocenters. The molecule has 1 rings (SSSR count). The molecule has 0 spiro atoms. The van der Waals surface area contributed by atoms with Gasteiger partial charge < -0.3 is 10.2 Å².